The van der Waals surface area contributed by atoms with Gasteiger partial charge in [-0.1, -0.05) is 22.4 Å². The molecule has 2 aliphatic carbocycles. The van der Waals surface area contributed by atoms with Crippen molar-refractivity contribution in [2.24, 2.45) is 17.8 Å². The summed E-state index contributed by atoms with van der Waals surface area (Å²) in [4.78, 5) is 4.81. The van der Waals surface area contributed by atoms with Crippen LogP contribution in [0.3, 0.4) is 0 Å². The Labute approximate surface area is 139 Å². The Morgan fingerprint density at radius 3 is 2.90 bits per heavy atom. The van der Waals surface area contributed by atoms with E-state index in [9.17, 15) is 0 Å². The molecular formula is C17H20BrClN2. The molecule has 4 rings (SSSR count). The van der Waals surface area contributed by atoms with Gasteiger partial charge in [-0.3, -0.25) is 0 Å². The minimum Gasteiger partial charge on any atom is -0.328 e. The molecule has 2 bridgehead atoms. The summed E-state index contributed by atoms with van der Waals surface area (Å²) in [6.45, 7) is 1.13. The molecule has 2 saturated carbocycles. The van der Waals surface area contributed by atoms with Crippen LogP contribution in [-0.4, -0.2) is 15.4 Å². The number of rotatable bonds is 4. The summed E-state index contributed by atoms with van der Waals surface area (Å²) in [6, 6.07) is 6.38. The molecule has 0 amide bonds. The molecule has 2 fully saturated rings. The molecule has 4 heteroatoms. The lowest BCUT2D eigenvalue weighted by atomic mass is 9.88. The predicted octanol–water partition coefficient (Wildman–Crippen LogP) is 5.02. The van der Waals surface area contributed by atoms with Gasteiger partial charge in [-0.2, -0.15) is 0 Å². The molecule has 2 aromatic rings. The van der Waals surface area contributed by atoms with Crippen LogP contribution in [0.25, 0.3) is 11.0 Å². The predicted molar refractivity (Wildman–Crippen MR) is 90.8 cm³/mol. The second kappa shape index (κ2) is 5.58. The summed E-state index contributed by atoms with van der Waals surface area (Å²) in [5.74, 6) is 4.58. The van der Waals surface area contributed by atoms with Crippen molar-refractivity contribution >= 4 is 38.6 Å². The number of fused-ring (bicyclic) bond motifs is 3. The lowest BCUT2D eigenvalue weighted by molar-refractivity contribution is 0.296. The number of alkyl halides is 1. The number of halogens is 2. The number of nitrogens with zero attached hydrogens (tertiary/aromatic N) is 2. The number of aromatic nitrogens is 2. The first kappa shape index (κ1) is 14.1. The highest BCUT2D eigenvalue weighted by atomic mass is 79.9. The van der Waals surface area contributed by atoms with E-state index in [0.29, 0.717) is 5.88 Å². The Hall–Kier alpha value is -0.540. The van der Waals surface area contributed by atoms with E-state index in [4.69, 9.17) is 16.6 Å². The van der Waals surface area contributed by atoms with Crippen LogP contribution in [0, 0.1) is 17.8 Å². The molecule has 2 aliphatic rings. The zero-order chi connectivity index (χ0) is 14.4. The molecule has 0 N–H and O–H groups in total. The highest BCUT2D eigenvalue weighted by molar-refractivity contribution is 9.10. The minimum absolute atomic E-state index is 0.640. The first-order valence-electron chi connectivity index (χ1n) is 7.95. The molecule has 112 valence electrons. The smallest absolute Gasteiger partial charge is 0.111 e. The molecule has 0 radical (unpaired) electrons. The zero-order valence-electron chi connectivity index (χ0n) is 12.1. The Kier molecular flexibility index (Phi) is 3.74. The number of benzene rings is 1. The van der Waals surface area contributed by atoms with Crippen molar-refractivity contribution in [1.29, 1.82) is 0 Å². The quantitative estimate of drug-likeness (QED) is 0.694. The van der Waals surface area contributed by atoms with Crippen LogP contribution in [0.5, 0.6) is 0 Å². The molecule has 1 heterocycles. The number of hydrogen-bond donors (Lipinski definition) is 0. The SMILES string of the molecule is ClCCc1nc2ccc(Br)cc2n1CC1CC2CCC1C2. The third-order valence-electron chi connectivity index (χ3n) is 5.41. The van der Waals surface area contributed by atoms with E-state index in [1.807, 2.05) is 0 Å². The fourth-order valence-corrected chi connectivity index (χ4v) is 4.98. The summed E-state index contributed by atoms with van der Waals surface area (Å²) in [5, 5.41) is 0. The third-order valence-corrected chi connectivity index (χ3v) is 6.09. The summed E-state index contributed by atoms with van der Waals surface area (Å²) in [7, 11) is 0. The van der Waals surface area contributed by atoms with Gasteiger partial charge in [-0.25, -0.2) is 4.98 Å². The second-order valence-corrected chi connectivity index (χ2v) is 7.94. The van der Waals surface area contributed by atoms with E-state index in [1.54, 1.807) is 0 Å². The van der Waals surface area contributed by atoms with Crippen molar-refractivity contribution in [3.05, 3.63) is 28.5 Å². The van der Waals surface area contributed by atoms with Crippen LogP contribution in [-0.2, 0) is 13.0 Å². The van der Waals surface area contributed by atoms with Gasteiger partial charge in [0.2, 0.25) is 0 Å². The van der Waals surface area contributed by atoms with Gasteiger partial charge >= 0.3 is 0 Å². The van der Waals surface area contributed by atoms with E-state index in [-0.39, 0.29) is 0 Å². The molecule has 1 aromatic carbocycles. The van der Waals surface area contributed by atoms with Gasteiger partial charge in [-0.15, -0.1) is 11.6 Å². The first-order chi connectivity index (χ1) is 10.2. The number of aryl methyl sites for hydroxylation is 1. The van der Waals surface area contributed by atoms with Gasteiger partial charge in [0.15, 0.2) is 0 Å². The maximum atomic E-state index is 5.98. The van der Waals surface area contributed by atoms with Crippen molar-refractivity contribution in [3.63, 3.8) is 0 Å². The molecule has 21 heavy (non-hydrogen) atoms. The molecule has 3 atom stereocenters. The second-order valence-electron chi connectivity index (χ2n) is 6.65. The van der Waals surface area contributed by atoms with Crippen LogP contribution in [0.15, 0.2) is 22.7 Å². The van der Waals surface area contributed by atoms with E-state index in [0.717, 1.165) is 46.5 Å². The largest absolute Gasteiger partial charge is 0.328 e. The first-order valence-corrected chi connectivity index (χ1v) is 9.28. The van der Waals surface area contributed by atoms with Crippen LogP contribution in [0.1, 0.15) is 31.5 Å². The topological polar surface area (TPSA) is 17.8 Å². The zero-order valence-corrected chi connectivity index (χ0v) is 14.4. The van der Waals surface area contributed by atoms with Crippen LogP contribution in [0.2, 0.25) is 0 Å². The van der Waals surface area contributed by atoms with Crippen molar-refractivity contribution < 1.29 is 0 Å². The molecule has 0 aliphatic heterocycles. The average Bonchev–Trinajstić information content (AvgIpc) is 3.15. The van der Waals surface area contributed by atoms with Gasteiger partial charge < -0.3 is 4.57 Å². The van der Waals surface area contributed by atoms with E-state index >= 15 is 0 Å². The standard InChI is InChI=1S/C17H20BrClN2/c18-14-3-4-15-16(9-14)21(17(20-15)5-6-19)10-13-8-11-1-2-12(13)7-11/h3-4,9,11-13H,1-2,5-8,10H2. The number of hydrogen-bond acceptors (Lipinski definition) is 1. The Morgan fingerprint density at radius 1 is 1.29 bits per heavy atom. The average molecular weight is 368 g/mol. The van der Waals surface area contributed by atoms with Gasteiger partial charge in [0.1, 0.15) is 5.82 Å². The highest BCUT2D eigenvalue weighted by Crippen LogP contribution is 2.49. The Bertz CT molecular complexity index is 666. The maximum absolute atomic E-state index is 5.98. The maximum Gasteiger partial charge on any atom is 0.111 e. The van der Waals surface area contributed by atoms with Crippen LogP contribution >= 0.6 is 27.5 Å². The minimum atomic E-state index is 0.640. The normalized spacial score (nSPS) is 27.8. The molecule has 0 saturated heterocycles. The van der Waals surface area contributed by atoms with E-state index < -0.39 is 0 Å². The lowest BCUT2D eigenvalue weighted by Gasteiger charge is -2.23. The van der Waals surface area contributed by atoms with Crippen LogP contribution in [0.4, 0.5) is 0 Å². The van der Waals surface area contributed by atoms with Crippen molar-refractivity contribution in [2.45, 2.75) is 38.6 Å². The fraction of sp³-hybridized carbons (Fsp3) is 0.588. The van der Waals surface area contributed by atoms with Crippen molar-refractivity contribution in [3.8, 4) is 0 Å². The van der Waals surface area contributed by atoms with Gasteiger partial charge in [-0.05, 0) is 55.2 Å². The van der Waals surface area contributed by atoms with Gasteiger partial charge in [0.25, 0.3) is 0 Å². The Balaban J connectivity index is 1.71. The summed E-state index contributed by atoms with van der Waals surface area (Å²) < 4.78 is 3.56. The molecule has 1 aromatic heterocycles. The number of imidazole rings is 1. The molecule has 0 spiro atoms. The highest BCUT2D eigenvalue weighted by Gasteiger charge is 2.39. The Morgan fingerprint density at radius 2 is 2.19 bits per heavy atom. The van der Waals surface area contributed by atoms with E-state index in [2.05, 4.69) is 38.7 Å². The van der Waals surface area contributed by atoms with Gasteiger partial charge in [0.05, 0.1) is 11.0 Å². The molecule has 3 unspecified atom stereocenters. The lowest BCUT2D eigenvalue weighted by Crippen LogP contribution is -2.19. The molecule has 2 nitrogen and oxygen atoms in total. The summed E-state index contributed by atoms with van der Waals surface area (Å²) in [5.41, 5.74) is 2.36. The summed E-state index contributed by atoms with van der Waals surface area (Å²) >= 11 is 9.58. The third kappa shape index (κ3) is 2.53. The van der Waals surface area contributed by atoms with Crippen molar-refractivity contribution in [1.82, 2.24) is 9.55 Å². The molecular weight excluding hydrogens is 348 g/mol. The fourth-order valence-electron chi connectivity index (χ4n) is 4.46. The monoisotopic (exact) mass is 366 g/mol. The van der Waals surface area contributed by atoms with Gasteiger partial charge in [0, 0.05) is 23.3 Å². The van der Waals surface area contributed by atoms with Crippen LogP contribution < -0.4 is 0 Å². The van der Waals surface area contributed by atoms with Crippen molar-refractivity contribution in [2.75, 3.05) is 5.88 Å². The summed E-state index contributed by atoms with van der Waals surface area (Å²) in [6.07, 6.45) is 6.64. The van der Waals surface area contributed by atoms with E-state index in [1.165, 1.54) is 31.2 Å².